The molecular weight excluding hydrogens is 339 g/mol. The SMILES string of the molecule is Cc1cccc(C(=O)N(C)C[C@@H]2CCCN(CCc3ccccc3F)C2)c1. The normalized spacial score (nSPS) is 17.7. The van der Waals surface area contributed by atoms with Crippen molar-refractivity contribution >= 4 is 5.91 Å². The lowest BCUT2D eigenvalue weighted by molar-refractivity contribution is 0.0730. The Morgan fingerprint density at radius 2 is 2.04 bits per heavy atom. The summed E-state index contributed by atoms with van der Waals surface area (Å²) in [6.45, 7) is 5.67. The molecule has 2 aromatic carbocycles. The van der Waals surface area contributed by atoms with Gasteiger partial charge in [0.25, 0.3) is 5.91 Å². The van der Waals surface area contributed by atoms with Crippen LogP contribution in [0.3, 0.4) is 0 Å². The average molecular weight is 368 g/mol. The van der Waals surface area contributed by atoms with E-state index in [9.17, 15) is 9.18 Å². The molecular formula is C23H29FN2O. The first-order valence-corrected chi connectivity index (χ1v) is 9.81. The number of hydrogen-bond donors (Lipinski definition) is 0. The maximum Gasteiger partial charge on any atom is 0.253 e. The van der Waals surface area contributed by atoms with Crippen molar-refractivity contribution in [1.82, 2.24) is 9.80 Å². The first-order chi connectivity index (χ1) is 13.0. The van der Waals surface area contributed by atoms with Crippen LogP contribution in [0.5, 0.6) is 0 Å². The van der Waals surface area contributed by atoms with Gasteiger partial charge >= 0.3 is 0 Å². The Hall–Kier alpha value is -2.20. The molecule has 1 heterocycles. The van der Waals surface area contributed by atoms with Crippen LogP contribution in [0.2, 0.25) is 0 Å². The standard InChI is InChI=1S/C23H29FN2O/c1-18-7-5-10-21(15-18)23(27)25(2)16-19-8-6-13-26(17-19)14-12-20-9-3-4-11-22(20)24/h3-5,7,9-11,15,19H,6,8,12-14,16-17H2,1-2H3/t19-/m0/s1. The molecule has 144 valence electrons. The van der Waals surface area contributed by atoms with Crippen LogP contribution in [0.1, 0.15) is 34.3 Å². The summed E-state index contributed by atoms with van der Waals surface area (Å²) >= 11 is 0. The van der Waals surface area contributed by atoms with Gasteiger partial charge in [0, 0.05) is 32.2 Å². The second kappa shape index (κ2) is 9.14. The fraction of sp³-hybridized carbons (Fsp3) is 0.435. The zero-order valence-corrected chi connectivity index (χ0v) is 16.3. The van der Waals surface area contributed by atoms with Gasteiger partial charge < -0.3 is 9.80 Å². The van der Waals surface area contributed by atoms with Gasteiger partial charge in [0.2, 0.25) is 0 Å². The number of amides is 1. The molecule has 2 aromatic rings. The van der Waals surface area contributed by atoms with Crippen LogP contribution in [-0.4, -0.2) is 48.9 Å². The minimum atomic E-state index is -0.116. The number of likely N-dealkylation sites (tertiary alicyclic amines) is 1. The van der Waals surface area contributed by atoms with Crippen LogP contribution in [-0.2, 0) is 6.42 Å². The molecule has 4 heteroatoms. The summed E-state index contributed by atoms with van der Waals surface area (Å²) in [4.78, 5) is 16.9. The zero-order valence-electron chi connectivity index (χ0n) is 16.3. The van der Waals surface area contributed by atoms with Crippen molar-refractivity contribution in [3.05, 3.63) is 71.0 Å². The highest BCUT2D eigenvalue weighted by molar-refractivity contribution is 5.94. The van der Waals surface area contributed by atoms with Gasteiger partial charge in [-0.1, -0.05) is 35.9 Å². The first kappa shape index (κ1) is 19.6. The molecule has 1 aliphatic rings. The van der Waals surface area contributed by atoms with Gasteiger partial charge in [0.15, 0.2) is 0 Å². The summed E-state index contributed by atoms with van der Waals surface area (Å²) in [5, 5.41) is 0. The van der Waals surface area contributed by atoms with Crippen LogP contribution in [0.4, 0.5) is 4.39 Å². The largest absolute Gasteiger partial charge is 0.341 e. The summed E-state index contributed by atoms with van der Waals surface area (Å²) in [5.74, 6) is 0.440. The second-order valence-electron chi connectivity index (χ2n) is 7.71. The molecule has 0 spiro atoms. The number of rotatable bonds is 6. The van der Waals surface area contributed by atoms with E-state index >= 15 is 0 Å². The highest BCUT2D eigenvalue weighted by Crippen LogP contribution is 2.19. The molecule has 3 rings (SSSR count). The Morgan fingerprint density at radius 1 is 1.22 bits per heavy atom. The van der Waals surface area contributed by atoms with E-state index in [1.807, 2.05) is 55.3 Å². The second-order valence-corrected chi connectivity index (χ2v) is 7.71. The number of benzene rings is 2. The molecule has 1 aliphatic heterocycles. The fourth-order valence-electron chi connectivity index (χ4n) is 3.95. The average Bonchev–Trinajstić information content (AvgIpc) is 2.67. The molecule has 0 radical (unpaired) electrons. The van der Waals surface area contributed by atoms with Gasteiger partial charge in [-0.05, 0) is 62.4 Å². The molecule has 0 bridgehead atoms. The van der Waals surface area contributed by atoms with E-state index in [-0.39, 0.29) is 11.7 Å². The van der Waals surface area contributed by atoms with Crippen molar-refractivity contribution in [2.75, 3.05) is 33.2 Å². The van der Waals surface area contributed by atoms with Crippen LogP contribution in [0.15, 0.2) is 48.5 Å². The van der Waals surface area contributed by atoms with Gasteiger partial charge in [0.1, 0.15) is 5.82 Å². The number of hydrogen-bond acceptors (Lipinski definition) is 2. The molecule has 27 heavy (non-hydrogen) atoms. The number of carbonyl (C=O) groups is 1. The third kappa shape index (κ3) is 5.39. The molecule has 3 nitrogen and oxygen atoms in total. The van der Waals surface area contributed by atoms with Gasteiger partial charge in [-0.2, -0.15) is 0 Å². The Morgan fingerprint density at radius 3 is 2.81 bits per heavy atom. The molecule has 1 saturated heterocycles. The minimum absolute atomic E-state index is 0.0854. The van der Waals surface area contributed by atoms with Gasteiger partial charge in [-0.3, -0.25) is 4.79 Å². The molecule has 1 atom stereocenters. The van der Waals surface area contributed by atoms with Crippen molar-refractivity contribution < 1.29 is 9.18 Å². The molecule has 0 aromatic heterocycles. The van der Waals surface area contributed by atoms with Crippen LogP contribution in [0, 0.1) is 18.7 Å². The summed E-state index contributed by atoms with van der Waals surface area (Å²) in [6, 6.07) is 14.8. The smallest absolute Gasteiger partial charge is 0.253 e. The van der Waals surface area contributed by atoms with Gasteiger partial charge in [0.05, 0.1) is 0 Å². The molecule has 0 saturated carbocycles. The van der Waals surface area contributed by atoms with Crippen LogP contribution < -0.4 is 0 Å². The zero-order chi connectivity index (χ0) is 19.2. The number of aryl methyl sites for hydroxylation is 1. The number of nitrogens with zero attached hydrogens (tertiary/aromatic N) is 2. The van der Waals surface area contributed by atoms with E-state index in [1.165, 1.54) is 6.07 Å². The summed E-state index contributed by atoms with van der Waals surface area (Å²) in [7, 11) is 1.89. The minimum Gasteiger partial charge on any atom is -0.341 e. The van der Waals surface area contributed by atoms with Crippen LogP contribution in [0.25, 0.3) is 0 Å². The Kier molecular flexibility index (Phi) is 6.62. The summed E-state index contributed by atoms with van der Waals surface area (Å²) in [5.41, 5.74) is 2.64. The lowest BCUT2D eigenvalue weighted by Crippen LogP contribution is -2.42. The summed E-state index contributed by atoms with van der Waals surface area (Å²) in [6.07, 6.45) is 3.01. The van der Waals surface area contributed by atoms with E-state index in [1.54, 1.807) is 6.07 Å². The first-order valence-electron chi connectivity index (χ1n) is 9.81. The quantitative estimate of drug-likeness (QED) is 0.764. The van der Waals surface area contributed by atoms with Crippen LogP contribution >= 0.6 is 0 Å². The topological polar surface area (TPSA) is 23.6 Å². The van der Waals surface area contributed by atoms with E-state index in [4.69, 9.17) is 0 Å². The molecule has 1 fully saturated rings. The van der Waals surface area contributed by atoms with Crippen molar-refractivity contribution in [1.29, 1.82) is 0 Å². The number of piperidine rings is 1. The molecule has 1 amide bonds. The van der Waals surface area contributed by atoms with Gasteiger partial charge in [-0.15, -0.1) is 0 Å². The number of halogens is 1. The Labute approximate surface area is 161 Å². The van der Waals surface area contributed by atoms with E-state index in [0.29, 0.717) is 5.92 Å². The van der Waals surface area contributed by atoms with Crippen molar-refractivity contribution in [2.45, 2.75) is 26.2 Å². The van der Waals surface area contributed by atoms with Gasteiger partial charge in [-0.25, -0.2) is 4.39 Å². The van der Waals surface area contributed by atoms with E-state index < -0.39 is 0 Å². The van der Waals surface area contributed by atoms with Crippen molar-refractivity contribution in [3.8, 4) is 0 Å². The monoisotopic (exact) mass is 368 g/mol. The summed E-state index contributed by atoms with van der Waals surface area (Å²) < 4.78 is 13.8. The lowest BCUT2D eigenvalue weighted by atomic mass is 9.96. The van der Waals surface area contributed by atoms with Crippen molar-refractivity contribution in [2.24, 2.45) is 5.92 Å². The Balaban J connectivity index is 1.52. The third-order valence-corrected chi connectivity index (χ3v) is 5.40. The predicted molar refractivity (Wildman–Crippen MR) is 107 cm³/mol. The van der Waals surface area contributed by atoms with E-state index in [0.717, 1.165) is 62.1 Å². The van der Waals surface area contributed by atoms with Crippen molar-refractivity contribution in [3.63, 3.8) is 0 Å². The molecule has 0 aliphatic carbocycles. The maximum atomic E-state index is 13.8. The Bertz CT molecular complexity index is 776. The molecule has 0 N–H and O–H groups in total. The maximum absolute atomic E-state index is 13.8. The highest BCUT2D eigenvalue weighted by atomic mass is 19.1. The molecule has 0 unspecified atom stereocenters. The number of carbonyl (C=O) groups excluding carboxylic acids is 1. The lowest BCUT2D eigenvalue weighted by Gasteiger charge is -2.34. The fourth-order valence-corrected chi connectivity index (χ4v) is 3.95. The van der Waals surface area contributed by atoms with E-state index in [2.05, 4.69) is 4.90 Å². The third-order valence-electron chi connectivity index (χ3n) is 5.40. The highest BCUT2D eigenvalue weighted by Gasteiger charge is 2.23. The predicted octanol–water partition coefficient (Wildman–Crippen LogP) is 4.16.